The van der Waals surface area contributed by atoms with Crippen LogP contribution in [0.5, 0.6) is 5.75 Å². The molecule has 1 N–H and O–H groups in total. The number of para-hydroxylation sites is 2. The third kappa shape index (κ3) is 5.13. The normalized spacial score (nSPS) is 10.7. The first-order chi connectivity index (χ1) is 14.8. The lowest BCUT2D eigenvalue weighted by Gasteiger charge is -2.18. The van der Waals surface area contributed by atoms with Gasteiger partial charge in [0.1, 0.15) is 12.4 Å². The van der Waals surface area contributed by atoms with Crippen LogP contribution in [0, 0.1) is 0 Å². The van der Waals surface area contributed by atoms with Gasteiger partial charge in [0.25, 0.3) is 0 Å². The Bertz CT molecular complexity index is 1030. The molecule has 4 rings (SSSR count). The quantitative estimate of drug-likeness (QED) is 0.391. The summed E-state index contributed by atoms with van der Waals surface area (Å²) in [6, 6.07) is 27.7. The van der Waals surface area contributed by atoms with Gasteiger partial charge in [-0.2, -0.15) is 0 Å². The van der Waals surface area contributed by atoms with E-state index in [1.807, 2.05) is 66.0 Å². The van der Waals surface area contributed by atoms with Crippen molar-refractivity contribution in [3.8, 4) is 5.75 Å². The number of benzene rings is 3. The zero-order valence-electron chi connectivity index (χ0n) is 16.4. The number of rotatable bonds is 8. The van der Waals surface area contributed by atoms with Gasteiger partial charge in [-0.3, -0.25) is 4.79 Å². The molecule has 1 aromatic heterocycles. The highest BCUT2D eigenvalue weighted by Crippen LogP contribution is 2.30. The fourth-order valence-corrected chi connectivity index (χ4v) is 3.88. The third-order valence-electron chi connectivity index (χ3n) is 4.81. The molecular weight excluding hydrogens is 392 g/mol. The maximum absolute atomic E-state index is 13.0. The molecule has 0 saturated carbocycles. The molecule has 4 nitrogen and oxygen atoms in total. The van der Waals surface area contributed by atoms with Crippen LogP contribution >= 0.6 is 11.3 Å². The van der Waals surface area contributed by atoms with Gasteiger partial charge in [0.2, 0.25) is 5.91 Å². The summed E-state index contributed by atoms with van der Waals surface area (Å²) in [7, 11) is 0. The van der Waals surface area contributed by atoms with E-state index in [-0.39, 0.29) is 11.8 Å². The molecule has 0 aliphatic heterocycles. The van der Waals surface area contributed by atoms with Gasteiger partial charge >= 0.3 is 0 Å². The average Bonchev–Trinajstić information content (AvgIpc) is 3.32. The number of amides is 1. The molecule has 30 heavy (non-hydrogen) atoms. The Morgan fingerprint density at radius 3 is 2.17 bits per heavy atom. The summed E-state index contributed by atoms with van der Waals surface area (Å²) >= 11 is 1.53. The van der Waals surface area contributed by atoms with E-state index >= 15 is 0 Å². The van der Waals surface area contributed by atoms with Crippen molar-refractivity contribution in [1.29, 1.82) is 0 Å². The number of hydrogen-bond donors (Lipinski definition) is 1. The molecule has 0 fully saturated rings. The van der Waals surface area contributed by atoms with E-state index in [1.165, 1.54) is 11.3 Å². The number of carbonyl (C=O) groups excluding carboxylic acids is 1. The minimum absolute atomic E-state index is 0.0181. The van der Waals surface area contributed by atoms with Gasteiger partial charge < -0.3 is 10.1 Å². The van der Waals surface area contributed by atoms with E-state index in [0.717, 1.165) is 16.8 Å². The van der Waals surface area contributed by atoms with Gasteiger partial charge in [0, 0.05) is 17.7 Å². The molecule has 150 valence electrons. The van der Waals surface area contributed by atoms with Crippen molar-refractivity contribution in [3.05, 3.63) is 113 Å². The maximum atomic E-state index is 13.0. The lowest BCUT2D eigenvalue weighted by molar-refractivity contribution is -0.116. The summed E-state index contributed by atoms with van der Waals surface area (Å²) in [6.07, 6.45) is 0.342. The highest BCUT2D eigenvalue weighted by Gasteiger charge is 2.19. The van der Waals surface area contributed by atoms with E-state index in [0.29, 0.717) is 24.5 Å². The van der Waals surface area contributed by atoms with Crippen LogP contribution in [0.25, 0.3) is 0 Å². The average molecular weight is 415 g/mol. The van der Waals surface area contributed by atoms with Crippen molar-refractivity contribution in [3.63, 3.8) is 0 Å². The maximum Gasteiger partial charge on any atom is 0.225 e. The molecule has 0 spiro atoms. The van der Waals surface area contributed by atoms with Gasteiger partial charge in [-0.05, 0) is 23.3 Å². The Morgan fingerprint density at radius 1 is 0.900 bits per heavy atom. The second-order valence-electron chi connectivity index (χ2n) is 6.89. The molecule has 4 aromatic rings. The lowest BCUT2D eigenvalue weighted by atomic mass is 9.88. The number of aromatic nitrogens is 1. The predicted molar refractivity (Wildman–Crippen MR) is 121 cm³/mol. The van der Waals surface area contributed by atoms with E-state index in [9.17, 15) is 4.79 Å². The highest BCUT2D eigenvalue weighted by molar-refractivity contribution is 7.07. The van der Waals surface area contributed by atoms with Gasteiger partial charge in [-0.1, -0.05) is 72.8 Å². The number of carbonyl (C=O) groups is 1. The second-order valence-corrected chi connectivity index (χ2v) is 7.61. The molecule has 0 saturated heterocycles. The molecule has 0 radical (unpaired) electrons. The summed E-state index contributed by atoms with van der Waals surface area (Å²) in [4.78, 5) is 17.2. The largest absolute Gasteiger partial charge is 0.485 e. The van der Waals surface area contributed by atoms with Crippen molar-refractivity contribution < 1.29 is 9.53 Å². The van der Waals surface area contributed by atoms with Gasteiger partial charge in [-0.15, -0.1) is 11.3 Å². The topological polar surface area (TPSA) is 51.2 Å². The minimum Gasteiger partial charge on any atom is -0.485 e. The summed E-state index contributed by atoms with van der Waals surface area (Å²) in [5.74, 6) is 0.558. The van der Waals surface area contributed by atoms with Crippen LogP contribution in [0.15, 0.2) is 95.8 Å². The van der Waals surface area contributed by atoms with E-state index in [4.69, 9.17) is 4.74 Å². The zero-order chi connectivity index (χ0) is 20.6. The molecule has 0 atom stereocenters. The van der Waals surface area contributed by atoms with Crippen LogP contribution in [0.3, 0.4) is 0 Å². The van der Waals surface area contributed by atoms with Gasteiger partial charge in [0.15, 0.2) is 0 Å². The van der Waals surface area contributed by atoms with Crippen molar-refractivity contribution in [1.82, 2.24) is 4.98 Å². The number of thiazole rings is 1. The van der Waals surface area contributed by atoms with Crippen LogP contribution in [-0.4, -0.2) is 10.9 Å². The fraction of sp³-hybridized carbons (Fsp3) is 0.120. The van der Waals surface area contributed by atoms with E-state index in [2.05, 4.69) is 34.6 Å². The molecular formula is C25H22N2O2S. The van der Waals surface area contributed by atoms with E-state index < -0.39 is 0 Å². The first-order valence-electron chi connectivity index (χ1n) is 9.78. The number of hydrogen-bond acceptors (Lipinski definition) is 4. The van der Waals surface area contributed by atoms with Crippen LogP contribution in [0.2, 0.25) is 0 Å². The second kappa shape index (κ2) is 9.85. The molecule has 1 amide bonds. The number of nitrogens with zero attached hydrogens (tertiary/aromatic N) is 1. The Hall–Kier alpha value is -3.44. The molecule has 1 heterocycles. The van der Waals surface area contributed by atoms with Crippen molar-refractivity contribution >= 4 is 22.9 Å². The molecule has 3 aromatic carbocycles. The minimum atomic E-state index is -0.0579. The summed E-state index contributed by atoms with van der Waals surface area (Å²) < 4.78 is 5.89. The molecule has 0 aliphatic carbocycles. The van der Waals surface area contributed by atoms with Crippen LogP contribution in [0.4, 0.5) is 5.69 Å². The summed E-state index contributed by atoms with van der Waals surface area (Å²) in [5.41, 5.74) is 5.55. The monoisotopic (exact) mass is 414 g/mol. The standard InChI is InChI=1S/C25H22N2O2S/c28-25(15-22(19-9-3-1-4-10-19)20-11-5-2-6-12-20)27-23-13-7-8-14-24(23)29-16-21-17-30-18-26-21/h1-14,17-18,22H,15-16H2,(H,27,28). The highest BCUT2D eigenvalue weighted by atomic mass is 32.1. The van der Waals surface area contributed by atoms with Crippen molar-refractivity contribution in [2.75, 3.05) is 5.32 Å². The third-order valence-corrected chi connectivity index (χ3v) is 5.45. The summed E-state index contributed by atoms with van der Waals surface area (Å²) in [6.45, 7) is 0.368. The molecule has 0 bridgehead atoms. The van der Waals surface area contributed by atoms with Gasteiger partial charge in [0.05, 0.1) is 16.9 Å². The predicted octanol–water partition coefficient (Wildman–Crippen LogP) is 5.88. The Kier molecular flexibility index (Phi) is 6.52. The van der Waals surface area contributed by atoms with E-state index in [1.54, 1.807) is 5.51 Å². The smallest absolute Gasteiger partial charge is 0.225 e. The molecule has 0 unspecified atom stereocenters. The SMILES string of the molecule is O=C(CC(c1ccccc1)c1ccccc1)Nc1ccccc1OCc1cscn1. The number of ether oxygens (including phenoxy) is 1. The molecule has 0 aliphatic rings. The Morgan fingerprint density at radius 2 is 1.53 bits per heavy atom. The van der Waals surface area contributed by atoms with Crippen LogP contribution < -0.4 is 10.1 Å². The Labute approximate surface area is 180 Å². The first kappa shape index (κ1) is 19.9. The van der Waals surface area contributed by atoms with Gasteiger partial charge in [-0.25, -0.2) is 4.98 Å². The zero-order valence-corrected chi connectivity index (χ0v) is 17.2. The number of anilines is 1. The van der Waals surface area contributed by atoms with Crippen LogP contribution in [-0.2, 0) is 11.4 Å². The summed E-state index contributed by atoms with van der Waals surface area (Å²) in [5, 5.41) is 4.98. The lowest BCUT2D eigenvalue weighted by Crippen LogP contribution is -2.17. The number of nitrogens with one attached hydrogen (secondary N) is 1. The van der Waals surface area contributed by atoms with Crippen LogP contribution in [0.1, 0.15) is 29.2 Å². The molecule has 5 heteroatoms. The fourth-order valence-electron chi connectivity index (χ4n) is 3.34. The van der Waals surface area contributed by atoms with Crippen molar-refractivity contribution in [2.24, 2.45) is 0 Å². The first-order valence-corrected chi connectivity index (χ1v) is 10.7. The Balaban J connectivity index is 1.49. The van der Waals surface area contributed by atoms with Crippen molar-refractivity contribution in [2.45, 2.75) is 18.9 Å².